The van der Waals surface area contributed by atoms with Gasteiger partial charge in [-0.3, -0.25) is 16.0 Å². The van der Waals surface area contributed by atoms with Crippen LogP contribution in [0.1, 0.15) is 51.3 Å². The third-order valence-corrected chi connectivity index (χ3v) is 5.10. The van der Waals surface area contributed by atoms with Gasteiger partial charge in [-0.1, -0.05) is 38.3 Å². The van der Waals surface area contributed by atoms with Crippen molar-refractivity contribution in [2.24, 2.45) is 17.2 Å². The third kappa shape index (κ3) is 3.59. The second-order valence-corrected chi connectivity index (χ2v) is 6.99. The van der Waals surface area contributed by atoms with Crippen molar-refractivity contribution in [2.45, 2.75) is 52.1 Å². The van der Waals surface area contributed by atoms with Crippen molar-refractivity contribution in [1.82, 2.24) is 15.2 Å². The Balaban J connectivity index is 2.30. The zero-order chi connectivity index (χ0) is 15.5. The van der Waals surface area contributed by atoms with Gasteiger partial charge in [-0.2, -0.15) is 5.10 Å². The van der Waals surface area contributed by atoms with Gasteiger partial charge >= 0.3 is 0 Å². The largest absolute Gasteiger partial charge is 0.383 e. The summed E-state index contributed by atoms with van der Waals surface area (Å²) in [5.74, 6) is 6.35. The Labute approximate surface area is 132 Å². The molecule has 21 heavy (non-hydrogen) atoms. The molecule has 0 radical (unpaired) electrons. The Kier molecular flexibility index (Phi) is 5.66. The van der Waals surface area contributed by atoms with Gasteiger partial charge in [0.15, 0.2) is 0 Å². The first-order chi connectivity index (χ1) is 10.0. The molecule has 1 aliphatic rings. The zero-order valence-corrected chi connectivity index (χ0v) is 14.0. The molecule has 3 N–H and O–H groups in total. The second-order valence-electron chi connectivity index (χ2n) is 6.58. The van der Waals surface area contributed by atoms with E-state index in [0.29, 0.717) is 24.1 Å². The summed E-state index contributed by atoms with van der Waals surface area (Å²) in [4.78, 5) is 0. The van der Waals surface area contributed by atoms with Gasteiger partial charge in [0.05, 0.1) is 36.1 Å². The maximum atomic E-state index is 6.39. The van der Waals surface area contributed by atoms with E-state index < -0.39 is 0 Å². The number of nitrogens with one attached hydrogen (secondary N) is 1. The standard InChI is InChI=1S/C15H27ClN4O/c1-15(2)7-5-4-6-11(15)13(19-17)14-12(16)10-18-20(14)8-9-21-3/h10-11,13,19H,4-9,17H2,1-3H3. The van der Waals surface area contributed by atoms with Crippen LogP contribution in [0.2, 0.25) is 5.02 Å². The van der Waals surface area contributed by atoms with E-state index >= 15 is 0 Å². The van der Waals surface area contributed by atoms with E-state index in [0.717, 1.165) is 12.1 Å². The second kappa shape index (κ2) is 7.09. The van der Waals surface area contributed by atoms with E-state index in [2.05, 4.69) is 24.4 Å². The van der Waals surface area contributed by atoms with Gasteiger partial charge in [-0.15, -0.1) is 0 Å². The first-order valence-electron chi connectivity index (χ1n) is 7.67. The minimum atomic E-state index is 0.0205. The molecule has 1 heterocycles. The highest BCUT2D eigenvalue weighted by Gasteiger charge is 2.39. The van der Waals surface area contributed by atoms with Crippen molar-refractivity contribution in [3.05, 3.63) is 16.9 Å². The molecule has 1 aromatic heterocycles. The van der Waals surface area contributed by atoms with Crippen LogP contribution in [0.25, 0.3) is 0 Å². The van der Waals surface area contributed by atoms with Crippen molar-refractivity contribution < 1.29 is 4.74 Å². The minimum Gasteiger partial charge on any atom is -0.383 e. The van der Waals surface area contributed by atoms with Crippen LogP contribution in [-0.2, 0) is 11.3 Å². The summed E-state index contributed by atoms with van der Waals surface area (Å²) >= 11 is 6.39. The average Bonchev–Trinajstić information content (AvgIpc) is 2.80. The Hall–Kier alpha value is -0.620. The van der Waals surface area contributed by atoms with Crippen LogP contribution in [0.5, 0.6) is 0 Å². The Morgan fingerprint density at radius 2 is 2.33 bits per heavy atom. The molecule has 1 aromatic rings. The van der Waals surface area contributed by atoms with Gasteiger partial charge in [-0.25, -0.2) is 0 Å². The van der Waals surface area contributed by atoms with Crippen LogP contribution in [0.15, 0.2) is 6.20 Å². The average molecular weight is 315 g/mol. The molecule has 0 spiro atoms. The molecule has 0 aliphatic heterocycles. The van der Waals surface area contributed by atoms with E-state index in [-0.39, 0.29) is 11.5 Å². The zero-order valence-electron chi connectivity index (χ0n) is 13.2. The van der Waals surface area contributed by atoms with Gasteiger partial charge in [0.2, 0.25) is 0 Å². The lowest BCUT2D eigenvalue weighted by Gasteiger charge is -2.43. The normalized spacial score (nSPS) is 23.2. The first-order valence-corrected chi connectivity index (χ1v) is 8.05. The molecule has 120 valence electrons. The fourth-order valence-corrected chi connectivity index (χ4v) is 3.82. The molecule has 1 fully saturated rings. The van der Waals surface area contributed by atoms with E-state index in [4.69, 9.17) is 22.2 Å². The molecule has 6 heteroatoms. The summed E-state index contributed by atoms with van der Waals surface area (Å²) in [6.07, 6.45) is 6.62. The quantitative estimate of drug-likeness (QED) is 0.626. The van der Waals surface area contributed by atoms with E-state index in [9.17, 15) is 0 Å². The lowest BCUT2D eigenvalue weighted by molar-refractivity contribution is 0.0935. The fourth-order valence-electron chi connectivity index (χ4n) is 3.56. The highest BCUT2D eigenvalue weighted by Crippen LogP contribution is 2.47. The number of aromatic nitrogens is 2. The molecule has 0 bridgehead atoms. The van der Waals surface area contributed by atoms with Gasteiger partial charge in [-0.05, 0) is 24.2 Å². The summed E-state index contributed by atoms with van der Waals surface area (Å²) in [6.45, 7) is 5.94. The smallest absolute Gasteiger partial charge is 0.0834 e. The molecule has 0 aromatic carbocycles. The van der Waals surface area contributed by atoms with Gasteiger partial charge in [0, 0.05) is 7.11 Å². The van der Waals surface area contributed by atoms with Crippen LogP contribution in [-0.4, -0.2) is 23.5 Å². The van der Waals surface area contributed by atoms with Crippen molar-refractivity contribution in [2.75, 3.05) is 13.7 Å². The van der Waals surface area contributed by atoms with E-state index in [1.54, 1.807) is 13.3 Å². The number of methoxy groups -OCH3 is 1. The van der Waals surface area contributed by atoms with E-state index in [1.807, 2.05) is 4.68 Å². The summed E-state index contributed by atoms with van der Waals surface area (Å²) in [5, 5.41) is 5.05. The van der Waals surface area contributed by atoms with Crippen molar-refractivity contribution in [1.29, 1.82) is 0 Å². The van der Waals surface area contributed by atoms with Crippen LogP contribution in [0.4, 0.5) is 0 Å². The molecule has 2 atom stereocenters. The molecule has 1 saturated carbocycles. The number of halogens is 1. The van der Waals surface area contributed by atoms with Crippen LogP contribution < -0.4 is 11.3 Å². The number of ether oxygens (including phenoxy) is 1. The molecule has 1 aliphatic carbocycles. The van der Waals surface area contributed by atoms with Crippen LogP contribution in [0, 0.1) is 11.3 Å². The van der Waals surface area contributed by atoms with Gasteiger partial charge in [0.1, 0.15) is 0 Å². The maximum Gasteiger partial charge on any atom is 0.0834 e. The molecular weight excluding hydrogens is 288 g/mol. The summed E-state index contributed by atoms with van der Waals surface area (Å²) in [5.41, 5.74) is 4.23. The van der Waals surface area contributed by atoms with Crippen LogP contribution in [0.3, 0.4) is 0 Å². The third-order valence-electron chi connectivity index (χ3n) is 4.81. The molecule has 0 saturated heterocycles. The fraction of sp³-hybridized carbons (Fsp3) is 0.800. The SMILES string of the molecule is COCCn1ncc(Cl)c1C(NN)C1CCCCC1(C)C. The predicted octanol–water partition coefficient (Wildman–Crippen LogP) is 2.90. The Morgan fingerprint density at radius 3 is 2.95 bits per heavy atom. The number of rotatable bonds is 6. The molecule has 5 nitrogen and oxygen atoms in total. The number of nitrogens with zero attached hydrogens (tertiary/aromatic N) is 2. The van der Waals surface area contributed by atoms with Crippen molar-refractivity contribution in [3.63, 3.8) is 0 Å². The van der Waals surface area contributed by atoms with Gasteiger partial charge < -0.3 is 4.74 Å². The first kappa shape index (κ1) is 16.7. The lowest BCUT2D eigenvalue weighted by atomic mass is 9.65. The van der Waals surface area contributed by atoms with Crippen molar-refractivity contribution >= 4 is 11.6 Å². The molecule has 2 rings (SSSR count). The highest BCUT2D eigenvalue weighted by atomic mass is 35.5. The monoisotopic (exact) mass is 314 g/mol. The molecular formula is C15H27ClN4O. The highest BCUT2D eigenvalue weighted by molar-refractivity contribution is 6.31. The number of hydrogen-bond donors (Lipinski definition) is 2. The number of hydrazine groups is 1. The topological polar surface area (TPSA) is 65.1 Å². The summed E-state index contributed by atoms with van der Waals surface area (Å²) < 4.78 is 7.07. The Bertz CT molecular complexity index is 461. The lowest BCUT2D eigenvalue weighted by Crippen LogP contribution is -2.43. The Morgan fingerprint density at radius 1 is 1.57 bits per heavy atom. The van der Waals surface area contributed by atoms with Gasteiger partial charge in [0.25, 0.3) is 0 Å². The minimum absolute atomic E-state index is 0.0205. The molecule has 0 amide bonds. The van der Waals surface area contributed by atoms with Crippen molar-refractivity contribution in [3.8, 4) is 0 Å². The summed E-state index contributed by atoms with van der Waals surface area (Å²) in [7, 11) is 1.69. The number of nitrogens with two attached hydrogens (primary N) is 1. The van der Waals surface area contributed by atoms with Crippen LogP contribution >= 0.6 is 11.6 Å². The summed E-state index contributed by atoms with van der Waals surface area (Å²) in [6, 6.07) is 0.0205. The maximum absolute atomic E-state index is 6.39. The van der Waals surface area contributed by atoms with E-state index in [1.165, 1.54) is 19.3 Å². The molecule has 2 unspecified atom stereocenters. The predicted molar refractivity (Wildman–Crippen MR) is 84.9 cm³/mol. The number of hydrogen-bond acceptors (Lipinski definition) is 4.